The number of methoxy groups -OCH3 is 2. The quantitative estimate of drug-likeness (QED) is 0.165. The molecule has 0 fully saturated rings. The first-order valence-corrected chi connectivity index (χ1v) is 19.3. The third-order valence-corrected chi connectivity index (χ3v) is 13.3. The largest absolute Gasteiger partial charge is 0.508 e. The highest BCUT2D eigenvalue weighted by atomic mass is 32.3. The molecule has 0 saturated heterocycles. The average molecular weight is 706 g/mol. The fourth-order valence-electron chi connectivity index (χ4n) is 5.91. The first-order valence-electron chi connectivity index (χ1n) is 17.2. The molecule has 2 unspecified atom stereocenters. The molecule has 0 spiro atoms. The number of amides is 1. The summed E-state index contributed by atoms with van der Waals surface area (Å²) in [5.41, 5.74) is 5.07. The SMILES string of the molecule is CC(C)C.COc1ncc(-c2nc3c(n2C(C)COS(C)(C(C)C)C(C)C)C(c2ccc(C)cc2)N(c2cc(O)ccc2C)C3=O)c(OC)n1. The molecule has 1 N–H and O–H groups in total. The van der Waals surface area contributed by atoms with Gasteiger partial charge < -0.3 is 23.3 Å². The number of imidazole rings is 1. The molecule has 2 aromatic heterocycles. The van der Waals surface area contributed by atoms with E-state index in [4.69, 9.17) is 18.6 Å². The summed E-state index contributed by atoms with van der Waals surface area (Å²) in [6, 6.07) is 12.6. The minimum atomic E-state index is -1.42. The van der Waals surface area contributed by atoms with Gasteiger partial charge in [-0.05, 0) is 50.1 Å². The third-order valence-electron chi connectivity index (χ3n) is 8.96. The van der Waals surface area contributed by atoms with Crippen LogP contribution in [0.25, 0.3) is 11.4 Å². The number of aryl methyl sites for hydroxylation is 2. The van der Waals surface area contributed by atoms with E-state index in [0.717, 1.165) is 28.3 Å². The number of hydrogen-bond donors (Lipinski definition) is 1. The van der Waals surface area contributed by atoms with Crippen molar-refractivity contribution >= 4 is 21.9 Å². The Bertz CT molecular complexity index is 1780. The van der Waals surface area contributed by atoms with E-state index in [1.807, 2.05) is 44.2 Å². The predicted octanol–water partition coefficient (Wildman–Crippen LogP) is 8.84. The zero-order valence-corrected chi connectivity index (χ0v) is 32.8. The third kappa shape index (κ3) is 7.78. The normalized spacial score (nSPS) is 15.3. The van der Waals surface area contributed by atoms with Crippen molar-refractivity contribution in [3.8, 4) is 29.0 Å². The van der Waals surface area contributed by atoms with Crippen LogP contribution in [0.4, 0.5) is 5.69 Å². The van der Waals surface area contributed by atoms with Crippen molar-refractivity contribution in [2.24, 2.45) is 5.92 Å². The number of carbonyl (C=O) groups is 1. The molecule has 2 atom stereocenters. The molecule has 1 amide bonds. The summed E-state index contributed by atoms with van der Waals surface area (Å²) in [6.45, 7) is 21.8. The molecule has 0 radical (unpaired) electrons. The molecule has 0 bridgehead atoms. The van der Waals surface area contributed by atoms with Crippen molar-refractivity contribution in [1.82, 2.24) is 19.5 Å². The Labute approximate surface area is 299 Å². The molecule has 3 heterocycles. The van der Waals surface area contributed by atoms with Crippen molar-refractivity contribution in [2.45, 2.75) is 91.8 Å². The summed E-state index contributed by atoms with van der Waals surface area (Å²) in [5.74, 6) is 1.43. The average Bonchev–Trinajstić information content (AvgIpc) is 3.58. The number of rotatable bonds is 11. The van der Waals surface area contributed by atoms with Crippen molar-refractivity contribution in [3.63, 3.8) is 0 Å². The minimum Gasteiger partial charge on any atom is -0.508 e. The number of aromatic hydroxyl groups is 1. The summed E-state index contributed by atoms with van der Waals surface area (Å²) in [5, 5.41) is 11.2. The number of benzene rings is 2. The Hall–Kier alpha value is -4.09. The Balaban J connectivity index is 0.00000133. The maximum Gasteiger partial charge on any atom is 0.319 e. The second kappa shape index (κ2) is 15.9. The molecular formula is C39H55N5O5S. The van der Waals surface area contributed by atoms with Gasteiger partial charge in [-0.1, -0.05) is 84.4 Å². The number of nitrogens with zero attached hydrogens (tertiary/aromatic N) is 5. The molecule has 272 valence electrons. The Kier molecular flexibility index (Phi) is 12.3. The lowest BCUT2D eigenvalue weighted by Gasteiger charge is -2.44. The minimum absolute atomic E-state index is 0.0793. The van der Waals surface area contributed by atoms with E-state index in [1.54, 1.807) is 23.2 Å². The van der Waals surface area contributed by atoms with Crippen molar-refractivity contribution in [2.75, 3.05) is 32.0 Å². The van der Waals surface area contributed by atoms with Crippen LogP contribution >= 0.6 is 10.3 Å². The van der Waals surface area contributed by atoms with Gasteiger partial charge in [-0.2, -0.15) is 4.98 Å². The van der Waals surface area contributed by atoms with Crippen LogP contribution in [0.5, 0.6) is 17.6 Å². The number of aromatic nitrogens is 4. The Morgan fingerprint density at radius 2 is 1.52 bits per heavy atom. The number of carbonyl (C=O) groups excluding carboxylic acids is 1. The molecule has 11 heteroatoms. The van der Waals surface area contributed by atoms with Gasteiger partial charge in [0.1, 0.15) is 17.6 Å². The molecule has 4 aromatic rings. The van der Waals surface area contributed by atoms with Gasteiger partial charge >= 0.3 is 6.01 Å². The van der Waals surface area contributed by atoms with E-state index in [0.29, 0.717) is 39.9 Å². The van der Waals surface area contributed by atoms with E-state index in [1.165, 1.54) is 14.2 Å². The summed E-state index contributed by atoms with van der Waals surface area (Å²) in [7, 11) is 1.61. The second-order valence-electron chi connectivity index (χ2n) is 14.2. The lowest BCUT2D eigenvalue weighted by molar-refractivity contribution is 0.0989. The van der Waals surface area contributed by atoms with Gasteiger partial charge in [-0.3, -0.25) is 9.69 Å². The standard InChI is InChI=1S/C35H45N5O5S.C4H10/c1-20(2)46(10,21(3)4)45-19-24(7)39-31-29(37-32(39)27-18-36-35(44-9)38-33(27)43-8)34(42)40(28-17-26(41)16-13-23(28)6)30(31)25-14-11-22(5)12-15-25;1-4(2)3/h11-18,20-21,24,30,41H,19H2,1-10H3;4H,1-3H3. The molecule has 2 aromatic carbocycles. The van der Waals surface area contributed by atoms with Gasteiger partial charge in [-0.25, -0.2) is 9.97 Å². The lowest BCUT2D eigenvalue weighted by atomic mass is 10.0. The first-order chi connectivity index (χ1) is 23.5. The molecule has 50 heavy (non-hydrogen) atoms. The zero-order chi connectivity index (χ0) is 37.1. The second-order valence-corrected chi connectivity index (χ2v) is 18.3. The fourth-order valence-corrected chi connectivity index (χ4v) is 8.03. The van der Waals surface area contributed by atoms with E-state index < -0.39 is 16.4 Å². The number of phenols is 1. The van der Waals surface area contributed by atoms with Crippen molar-refractivity contribution in [3.05, 3.63) is 76.7 Å². The molecule has 0 aliphatic carbocycles. The van der Waals surface area contributed by atoms with Gasteiger partial charge in [0.05, 0.1) is 43.8 Å². The van der Waals surface area contributed by atoms with Crippen molar-refractivity contribution < 1.29 is 23.6 Å². The molecule has 1 aliphatic rings. The van der Waals surface area contributed by atoms with Crippen LogP contribution in [0.15, 0.2) is 48.7 Å². The Morgan fingerprint density at radius 1 is 0.900 bits per heavy atom. The smallest absolute Gasteiger partial charge is 0.319 e. The van der Waals surface area contributed by atoms with Crippen LogP contribution in [-0.2, 0) is 4.18 Å². The van der Waals surface area contributed by atoms with E-state index >= 15 is 0 Å². The fraction of sp³-hybridized carbons (Fsp3) is 0.487. The molecule has 5 rings (SSSR count). The molecule has 10 nitrogen and oxygen atoms in total. The maximum atomic E-state index is 14.5. The first kappa shape index (κ1) is 38.7. The molecular weight excluding hydrogens is 651 g/mol. The van der Waals surface area contributed by atoms with Gasteiger partial charge in [0.2, 0.25) is 5.88 Å². The highest BCUT2D eigenvalue weighted by Crippen LogP contribution is 2.55. The van der Waals surface area contributed by atoms with Gasteiger partial charge in [-0.15, -0.1) is 10.3 Å². The van der Waals surface area contributed by atoms with Crippen molar-refractivity contribution in [1.29, 1.82) is 0 Å². The van der Waals surface area contributed by atoms with Crippen LogP contribution in [-0.4, -0.2) is 68.1 Å². The van der Waals surface area contributed by atoms with Gasteiger partial charge in [0, 0.05) is 22.8 Å². The van der Waals surface area contributed by atoms with Crippen LogP contribution in [0.3, 0.4) is 0 Å². The number of fused-ring (bicyclic) bond motifs is 1. The molecule has 0 saturated carbocycles. The maximum absolute atomic E-state index is 14.5. The molecule has 1 aliphatic heterocycles. The van der Waals surface area contributed by atoms with Crippen LogP contribution in [0.2, 0.25) is 0 Å². The zero-order valence-electron chi connectivity index (χ0n) is 31.9. The highest BCUT2D eigenvalue weighted by Gasteiger charge is 2.46. The monoisotopic (exact) mass is 705 g/mol. The number of phenolic OH excluding ortho intramolecular Hbond substituents is 1. The number of anilines is 1. The number of hydrogen-bond acceptors (Lipinski definition) is 8. The van der Waals surface area contributed by atoms with E-state index in [9.17, 15) is 9.90 Å². The summed E-state index contributed by atoms with van der Waals surface area (Å²) >= 11 is 0. The highest BCUT2D eigenvalue weighted by molar-refractivity contribution is 8.30. The number of ether oxygens (including phenoxy) is 2. The van der Waals surface area contributed by atoms with Gasteiger partial charge in [0.25, 0.3) is 5.91 Å². The summed E-state index contributed by atoms with van der Waals surface area (Å²) in [4.78, 5) is 30.1. The van der Waals surface area contributed by atoms with Crippen LogP contribution in [0.1, 0.15) is 100 Å². The predicted molar refractivity (Wildman–Crippen MR) is 204 cm³/mol. The summed E-state index contributed by atoms with van der Waals surface area (Å²) in [6.07, 6.45) is 3.85. The van der Waals surface area contributed by atoms with E-state index in [-0.39, 0.29) is 29.6 Å². The topological polar surface area (TPSA) is 112 Å². The Morgan fingerprint density at radius 3 is 2.08 bits per heavy atom. The summed E-state index contributed by atoms with van der Waals surface area (Å²) < 4.78 is 19.9. The van der Waals surface area contributed by atoms with Crippen LogP contribution < -0.4 is 14.4 Å². The van der Waals surface area contributed by atoms with Crippen LogP contribution in [0, 0.1) is 19.8 Å². The lowest BCUT2D eigenvalue weighted by Crippen LogP contribution is -2.31. The van der Waals surface area contributed by atoms with E-state index in [2.05, 4.69) is 76.2 Å². The van der Waals surface area contributed by atoms with Gasteiger partial charge in [0.15, 0.2) is 5.69 Å².